The molecule has 0 unspecified atom stereocenters. The fourth-order valence-electron chi connectivity index (χ4n) is 2.74. The van der Waals surface area contributed by atoms with Gasteiger partial charge in [-0.05, 0) is 37.5 Å². The maximum atomic E-state index is 12.1. The van der Waals surface area contributed by atoms with Crippen molar-refractivity contribution in [1.29, 1.82) is 0 Å². The molecule has 6 nitrogen and oxygen atoms in total. The monoisotopic (exact) mass is 319 g/mol. The van der Waals surface area contributed by atoms with Crippen LogP contribution in [0, 0.1) is 0 Å². The van der Waals surface area contributed by atoms with Crippen LogP contribution in [0.5, 0.6) is 11.5 Å². The van der Waals surface area contributed by atoms with Crippen LogP contribution in [-0.4, -0.2) is 49.7 Å². The number of hydrogen-bond donors (Lipinski definition) is 0. The molecule has 6 heteroatoms. The molecule has 0 aromatic heterocycles. The van der Waals surface area contributed by atoms with Crippen molar-refractivity contribution in [1.82, 2.24) is 4.90 Å². The van der Waals surface area contributed by atoms with E-state index in [9.17, 15) is 9.59 Å². The van der Waals surface area contributed by atoms with E-state index in [1.807, 2.05) is 0 Å². The fraction of sp³-hybridized carbons (Fsp3) is 0.529. The third kappa shape index (κ3) is 3.94. The Balaban J connectivity index is 1.57. The van der Waals surface area contributed by atoms with Gasteiger partial charge in [0.25, 0.3) is 5.91 Å². The molecule has 2 heterocycles. The Hall–Kier alpha value is -2.24. The Morgan fingerprint density at radius 1 is 1.00 bits per heavy atom. The van der Waals surface area contributed by atoms with Crippen LogP contribution in [0.1, 0.15) is 36.0 Å². The molecule has 2 aliphatic heterocycles. The average molecular weight is 319 g/mol. The first kappa shape index (κ1) is 15.6. The van der Waals surface area contributed by atoms with E-state index in [-0.39, 0.29) is 12.5 Å². The maximum absolute atomic E-state index is 12.1. The Morgan fingerprint density at radius 3 is 2.52 bits per heavy atom. The Bertz CT molecular complexity index is 580. The smallest absolute Gasteiger partial charge is 0.338 e. The highest BCUT2D eigenvalue weighted by Crippen LogP contribution is 2.30. The van der Waals surface area contributed by atoms with Crippen molar-refractivity contribution in [2.24, 2.45) is 0 Å². The second kappa shape index (κ2) is 7.35. The lowest BCUT2D eigenvalue weighted by molar-refractivity contribution is -0.135. The quantitative estimate of drug-likeness (QED) is 0.798. The molecule has 3 rings (SSSR count). The van der Waals surface area contributed by atoms with Crippen LogP contribution in [0.3, 0.4) is 0 Å². The molecule has 1 fully saturated rings. The normalized spacial score (nSPS) is 17.3. The van der Waals surface area contributed by atoms with Gasteiger partial charge in [0.05, 0.1) is 18.8 Å². The summed E-state index contributed by atoms with van der Waals surface area (Å²) in [7, 11) is 0. The van der Waals surface area contributed by atoms with Gasteiger partial charge in [-0.1, -0.05) is 0 Å². The number of carbonyl (C=O) groups excluding carboxylic acids is 2. The van der Waals surface area contributed by atoms with Gasteiger partial charge in [-0.3, -0.25) is 4.79 Å². The number of esters is 1. The van der Waals surface area contributed by atoms with Gasteiger partial charge >= 0.3 is 5.97 Å². The zero-order chi connectivity index (χ0) is 16.1. The number of hydrogen-bond acceptors (Lipinski definition) is 5. The van der Waals surface area contributed by atoms with Crippen molar-refractivity contribution in [2.75, 3.05) is 32.9 Å². The number of benzene rings is 1. The third-order valence-electron chi connectivity index (χ3n) is 4.02. The second-order valence-corrected chi connectivity index (χ2v) is 5.73. The SMILES string of the molecule is O=C(OCC(=O)N1CCCCC1)c1ccc2c(c1)OCCCO2. The summed E-state index contributed by atoms with van der Waals surface area (Å²) in [6, 6.07) is 4.93. The van der Waals surface area contributed by atoms with E-state index in [1.165, 1.54) is 0 Å². The number of piperidine rings is 1. The highest BCUT2D eigenvalue weighted by Gasteiger charge is 2.19. The molecule has 0 N–H and O–H groups in total. The van der Waals surface area contributed by atoms with Gasteiger partial charge in [0, 0.05) is 19.5 Å². The first-order chi connectivity index (χ1) is 11.2. The average Bonchev–Trinajstić information content (AvgIpc) is 2.84. The van der Waals surface area contributed by atoms with E-state index < -0.39 is 5.97 Å². The van der Waals surface area contributed by atoms with E-state index in [0.29, 0.717) is 30.3 Å². The highest BCUT2D eigenvalue weighted by atomic mass is 16.5. The van der Waals surface area contributed by atoms with Gasteiger partial charge in [-0.15, -0.1) is 0 Å². The van der Waals surface area contributed by atoms with Crippen molar-refractivity contribution in [2.45, 2.75) is 25.7 Å². The summed E-state index contributed by atoms with van der Waals surface area (Å²) < 4.78 is 16.2. The van der Waals surface area contributed by atoms with Crippen LogP contribution in [-0.2, 0) is 9.53 Å². The molecule has 0 atom stereocenters. The molecule has 0 aliphatic carbocycles. The lowest BCUT2D eigenvalue weighted by Crippen LogP contribution is -2.38. The first-order valence-electron chi connectivity index (χ1n) is 8.08. The summed E-state index contributed by atoms with van der Waals surface area (Å²) >= 11 is 0. The van der Waals surface area contributed by atoms with Crippen molar-refractivity contribution < 1.29 is 23.8 Å². The van der Waals surface area contributed by atoms with E-state index in [0.717, 1.165) is 38.8 Å². The van der Waals surface area contributed by atoms with Gasteiger partial charge in [0.1, 0.15) is 0 Å². The Labute approximate surface area is 135 Å². The maximum Gasteiger partial charge on any atom is 0.338 e. The molecular formula is C17H21NO5. The van der Waals surface area contributed by atoms with E-state index in [2.05, 4.69) is 0 Å². The molecule has 0 radical (unpaired) electrons. The van der Waals surface area contributed by atoms with Crippen LogP contribution in [0.2, 0.25) is 0 Å². The Morgan fingerprint density at radius 2 is 1.74 bits per heavy atom. The van der Waals surface area contributed by atoms with Crippen molar-refractivity contribution in [3.8, 4) is 11.5 Å². The number of nitrogens with zero attached hydrogens (tertiary/aromatic N) is 1. The molecule has 0 saturated carbocycles. The molecule has 0 bridgehead atoms. The van der Waals surface area contributed by atoms with Crippen LogP contribution in [0.15, 0.2) is 18.2 Å². The first-order valence-corrected chi connectivity index (χ1v) is 8.08. The zero-order valence-electron chi connectivity index (χ0n) is 13.1. The molecule has 23 heavy (non-hydrogen) atoms. The van der Waals surface area contributed by atoms with Gasteiger partial charge in [0.2, 0.25) is 0 Å². The van der Waals surface area contributed by atoms with Gasteiger partial charge in [0.15, 0.2) is 18.1 Å². The third-order valence-corrected chi connectivity index (χ3v) is 4.02. The summed E-state index contributed by atoms with van der Waals surface area (Å²) in [5, 5.41) is 0. The summed E-state index contributed by atoms with van der Waals surface area (Å²) in [6.45, 7) is 2.44. The minimum Gasteiger partial charge on any atom is -0.490 e. The predicted molar refractivity (Wildman–Crippen MR) is 82.8 cm³/mol. The van der Waals surface area contributed by atoms with Crippen LogP contribution >= 0.6 is 0 Å². The van der Waals surface area contributed by atoms with Gasteiger partial charge in [-0.2, -0.15) is 0 Å². The van der Waals surface area contributed by atoms with Gasteiger partial charge in [-0.25, -0.2) is 4.79 Å². The topological polar surface area (TPSA) is 65.1 Å². The number of amides is 1. The summed E-state index contributed by atoms with van der Waals surface area (Å²) in [5.41, 5.74) is 0.362. The number of ether oxygens (including phenoxy) is 3. The van der Waals surface area contributed by atoms with Crippen LogP contribution in [0.4, 0.5) is 0 Å². The molecule has 1 aromatic carbocycles. The molecule has 1 aromatic rings. The predicted octanol–water partition coefficient (Wildman–Crippen LogP) is 2.02. The minimum absolute atomic E-state index is 0.132. The molecule has 1 amide bonds. The van der Waals surface area contributed by atoms with Crippen LogP contribution in [0.25, 0.3) is 0 Å². The number of carbonyl (C=O) groups is 2. The van der Waals surface area contributed by atoms with E-state index in [4.69, 9.17) is 14.2 Å². The lowest BCUT2D eigenvalue weighted by atomic mass is 10.1. The van der Waals surface area contributed by atoms with Gasteiger partial charge < -0.3 is 19.1 Å². The molecule has 0 spiro atoms. The molecule has 1 saturated heterocycles. The van der Waals surface area contributed by atoms with Crippen molar-refractivity contribution in [3.05, 3.63) is 23.8 Å². The minimum atomic E-state index is -0.522. The molecular weight excluding hydrogens is 298 g/mol. The standard InChI is InChI=1S/C17H21NO5/c19-16(18-7-2-1-3-8-18)12-23-17(20)13-5-6-14-15(11-13)22-10-4-9-21-14/h5-6,11H,1-4,7-10,12H2. The van der Waals surface area contributed by atoms with Crippen molar-refractivity contribution >= 4 is 11.9 Å². The molecule has 124 valence electrons. The van der Waals surface area contributed by atoms with Crippen molar-refractivity contribution in [3.63, 3.8) is 0 Å². The summed E-state index contributed by atoms with van der Waals surface area (Å²) in [5.74, 6) is 0.515. The van der Waals surface area contributed by atoms with E-state index in [1.54, 1.807) is 23.1 Å². The second-order valence-electron chi connectivity index (χ2n) is 5.73. The lowest BCUT2D eigenvalue weighted by Gasteiger charge is -2.26. The largest absolute Gasteiger partial charge is 0.490 e. The Kier molecular flexibility index (Phi) is 5.00. The number of rotatable bonds is 3. The molecule has 2 aliphatic rings. The highest BCUT2D eigenvalue weighted by molar-refractivity contribution is 5.92. The summed E-state index contributed by atoms with van der Waals surface area (Å²) in [4.78, 5) is 25.9. The van der Waals surface area contributed by atoms with E-state index >= 15 is 0 Å². The number of likely N-dealkylation sites (tertiary alicyclic amines) is 1. The summed E-state index contributed by atoms with van der Waals surface area (Å²) in [6.07, 6.45) is 3.99. The fourth-order valence-corrected chi connectivity index (χ4v) is 2.74. The number of fused-ring (bicyclic) bond motifs is 1. The zero-order valence-corrected chi connectivity index (χ0v) is 13.1. The van der Waals surface area contributed by atoms with Crippen LogP contribution < -0.4 is 9.47 Å².